The molecule has 23 heavy (non-hydrogen) atoms. The first kappa shape index (κ1) is 14.9. The largest absolute Gasteiger partial charge is 0.294 e. The van der Waals surface area contributed by atoms with Crippen LogP contribution in [-0.4, -0.2) is 29.5 Å². The molecule has 0 amide bonds. The van der Waals surface area contributed by atoms with Crippen molar-refractivity contribution < 1.29 is 0 Å². The summed E-state index contributed by atoms with van der Waals surface area (Å²) in [4.78, 5) is 4.89. The van der Waals surface area contributed by atoms with Gasteiger partial charge in [0, 0.05) is 24.4 Å². The molecule has 3 aliphatic rings. The van der Waals surface area contributed by atoms with Gasteiger partial charge in [-0.2, -0.15) is 5.10 Å². The van der Waals surface area contributed by atoms with E-state index in [4.69, 9.17) is 10.1 Å². The van der Waals surface area contributed by atoms with Crippen LogP contribution in [0.15, 0.2) is 40.4 Å². The van der Waals surface area contributed by atoms with Crippen LogP contribution < -0.4 is 0 Å². The highest BCUT2D eigenvalue weighted by Gasteiger charge is 2.38. The lowest BCUT2D eigenvalue weighted by molar-refractivity contribution is 0.145. The van der Waals surface area contributed by atoms with Crippen LogP contribution >= 0.6 is 0 Å². The summed E-state index contributed by atoms with van der Waals surface area (Å²) in [7, 11) is 0. The third-order valence-electron chi connectivity index (χ3n) is 5.81. The van der Waals surface area contributed by atoms with Gasteiger partial charge in [-0.15, -0.1) is 0 Å². The molecule has 1 aromatic rings. The highest BCUT2D eigenvalue weighted by Crippen LogP contribution is 2.37. The second-order valence-corrected chi connectivity index (χ2v) is 7.56. The van der Waals surface area contributed by atoms with E-state index in [0.29, 0.717) is 17.9 Å². The Morgan fingerprint density at radius 2 is 2.00 bits per heavy atom. The minimum atomic E-state index is 0.606. The fraction of sp³-hybridized carbons (Fsp3) is 0.600. The van der Waals surface area contributed by atoms with Gasteiger partial charge < -0.3 is 0 Å². The summed E-state index contributed by atoms with van der Waals surface area (Å²) in [6.45, 7) is 4.32. The van der Waals surface area contributed by atoms with E-state index in [0.717, 1.165) is 19.0 Å². The van der Waals surface area contributed by atoms with Gasteiger partial charge in [-0.3, -0.25) is 10.0 Å². The van der Waals surface area contributed by atoms with Crippen LogP contribution in [0.5, 0.6) is 0 Å². The average molecular weight is 309 g/mol. The van der Waals surface area contributed by atoms with Crippen LogP contribution in [0.3, 0.4) is 0 Å². The number of hydrazone groups is 1. The quantitative estimate of drug-likeness (QED) is 0.824. The molecule has 4 rings (SSSR count). The minimum absolute atomic E-state index is 0.606. The molecule has 2 aliphatic heterocycles. The Morgan fingerprint density at radius 1 is 1.13 bits per heavy atom. The molecule has 122 valence electrons. The van der Waals surface area contributed by atoms with Crippen molar-refractivity contribution in [1.29, 1.82) is 0 Å². The Bertz CT molecular complexity index is 592. The Kier molecular flexibility index (Phi) is 4.19. The van der Waals surface area contributed by atoms with Gasteiger partial charge in [-0.25, -0.2) is 0 Å². The van der Waals surface area contributed by atoms with Crippen molar-refractivity contribution in [3.05, 3.63) is 35.9 Å². The summed E-state index contributed by atoms with van der Waals surface area (Å²) in [6.07, 6.45) is 8.59. The highest BCUT2D eigenvalue weighted by atomic mass is 15.5. The first-order valence-electron chi connectivity index (χ1n) is 9.17. The van der Waals surface area contributed by atoms with Crippen molar-refractivity contribution in [2.24, 2.45) is 27.8 Å². The van der Waals surface area contributed by atoms with Gasteiger partial charge >= 0.3 is 0 Å². The monoisotopic (exact) mass is 309 g/mol. The minimum Gasteiger partial charge on any atom is -0.294 e. The first-order chi connectivity index (χ1) is 11.3. The molecule has 4 atom stereocenters. The number of hydrogen-bond acceptors (Lipinski definition) is 3. The van der Waals surface area contributed by atoms with E-state index in [1.54, 1.807) is 0 Å². The maximum absolute atomic E-state index is 4.89. The number of nitrogens with zero attached hydrogens (tertiary/aromatic N) is 3. The number of benzene rings is 1. The zero-order valence-corrected chi connectivity index (χ0v) is 14.1. The summed E-state index contributed by atoms with van der Waals surface area (Å²) in [5.41, 5.74) is 2.87. The molecule has 2 heterocycles. The van der Waals surface area contributed by atoms with Crippen molar-refractivity contribution in [1.82, 2.24) is 5.01 Å². The average Bonchev–Trinajstić information content (AvgIpc) is 2.99. The first-order valence-corrected chi connectivity index (χ1v) is 9.17. The maximum Gasteiger partial charge on any atom is 0.0614 e. The predicted molar refractivity (Wildman–Crippen MR) is 95.8 cm³/mol. The molecule has 1 saturated carbocycles. The Balaban J connectivity index is 1.38. The van der Waals surface area contributed by atoms with Crippen molar-refractivity contribution in [2.45, 2.75) is 51.6 Å². The zero-order valence-electron chi connectivity index (χ0n) is 14.1. The number of hydrogen-bond donors (Lipinski definition) is 0. The number of aliphatic imine (C=N–C) groups is 1. The van der Waals surface area contributed by atoms with Crippen LogP contribution in [0.25, 0.3) is 0 Å². The van der Waals surface area contributed by atoms with E-state index in [2.05, 4.69) is 48.5 Å². The molecule has 0 aromatic heterocycles. The smallest absolute Gasteiger partial charge is 0.0614 e. The van der Waals surface area contributed by atoms with Gasteiger partial charge in [0.1, 0.15) is 0 Å². The van der Waals surface area contributed by atoms with E-state index in [1.165, 1.54) is 43.4 Å². The molecule has 0 radical (unpaired) electrons. The van der Waals surface area contributed by atoms with Crippen molar-refractivity contribution in [2.75, 3.05) is 6.54 Å². The lowest BCUT2D eigenvalue weighted by atomic mass is 9.75. The van der Waals surface area contributed by atoms with Gasteiger partial charge in [0.05, 0.1) is 12.6 Å². The van der Waals surface area contributed by atoms with Crippen LogP contribution in [0.4, 0.5) is 0 Å². The molecule has 1 aromatic carbocycles. The summed E-state index contributed by atoms with van der Waals surface area (Å²) < 4.78 is 0. The Hall–Kier alpha value is -1.64. The molecule has 0 N–H and O–H groups in total. The van der Waals surface area contributed by atoms with Crippen LogP contribution in [0.2, 0.25) is 0 Å². The normalized spacial score (nSPS) is 33.4. The molecule has 1 fully saturated rings. The van der Waals surface area contributed by atoms with Crippen molar-refractivity contribution >= 4 is 11.9 Å². The van der Waals surface area contributed by atoms with E-state index in [9.17, 15) is 0 Å². The molecule has 0 bridgehead atoms. The summed E-state index contributed by atoms with van der Waals surface area (Å²) in [5.74, 6) is 2.12. The van der Waals surface area contributed by atoms with Crippen molar-refractivity contribution in [3.63, 3.8) is 0 Å². The van der Waals surface area contributed by atoms with E-state index < -0.39 is 0 Å². The van der Waals surface area contributed by atoms with Crippen LogP contribution in [-0.2, 0) is 6.54 Å². The summed E-state index contributed by atoms with van der Waals surface area (Å²) in [5, 5.41) is 7.06. The number of rotatable bonds is 3. The second-order valence-electron chi connectivity index (χ2n) is 7.56. The van der Waals surface area contributed by atoms with Gasteiger partial charge in [0.25, 0.3) is 0 Å². The Labute approximate surface area is 139 Å². The van der Waals surface area contributed by atoms with Gasteiger partial charge in [0.2, 0.25) is 0 Å². The van der Waals surface area contributed by atoms with Crippen LogP contribution in [0, 0.1) is 17.8 Å². The lowest BCUT2D eigenvalue weighted by Gasteiger charge is -2.36. The molecule has 0 spiro atoms. The lowest BCUT2D eigenvalue weighted by Crippen LogP contribution is -2.39. The van der Waals surface area contributed by atoms with Gasteiger partial charge in [-0.05, 0) is 49.5 Å². The fourth-order valence-corrected chi connectivity index (χ4v) is 4.38. The molecule has 1 aliphatic carbocycles. The van der Waals surface area contributed by atoms with Crippen LogP contribution in [0.1, 0.15) is 44.6 Å². The molecular formula is C20H27N3. The summed E-state index contributed by atoms with van der Waals surface area (Å²) >= 11 is 0. The summed E-state index contributed by atoms with van der Waals surface area (Å²) in [6, 6.07) is 11.3. The Morgan fingerprint density at radius 3 is 2.78 bits per heavy atom. The van der Waals surface area contributed by atoms with Crippen molar-refractivity contribution in [3.8, 4) is 0 Å². The maximum atomic E-state index is 4.89. The molecular weight excluding hydrogens is 282 g/mol. The number of fused-ring (bicyclic) bond motifs is 1. The highest BCUT2D eigenvalue weighted by molar-refractivity contribution is 5.88. The fourth-order valence-electron chi connectivity index (χ4n) is 4.38. The van der Waals surface area contributed by atoms with Gasteiger partial charge in [0.15, 0.2) is 0 Å². The predicted octanol–water partition coefficient (Wildman–Crippen LogP) is 4.14. The molecule has 3 heteroatoms. The van der Waals surface area contributed by atoms with E-state index in [1.807, 2.05) is 0 Å². The van der Waals surface area contributed by atoms with E-state index in [-0.39, 0.29) is 0 Å². The SMILES string of the molecule is CC1CCC(C2CCC3C(C=NN3Cc3ccccc3)C2)=NC1. The van der Waals surface area contributed by atoms with Gasteiger partial charge in [-0.1, -0.05) is 37.3 Å². The molecule has 3 nitrogen and oxygen atoms in total. The molecule has 4 unspecified atom stereocenters. The second kappa shape index (κ2) is 6.46. The zero-order chi connectivity index (χ0) is 15.6. The third-order valence-corrected chi connectivity index (χ3v) is 5.81. The van der Waals surface area contributed by atoms with E-state index >= 15 is 0 Å². The standard InChI is InChI=1S/C20H27N3/c1-15-7-9-19(21-12-15)17-8-10-20-18(11-17)13-22-23(20)14-16-5-3-2-4-6-16/h2-6,13,15,17-18,20H,7-12,14H2,1H3. The third kappa shape index (κ3) is 3.19. The topological polar surface area (TPSA) is 28.0 Å². The molecule has 0 saturated heterocycles.